The van der Waals surface area contributed by atoms with Gasteiger partial charge in [0.15, 0.2) is 0 Å². The zero-order chi connectivity index (χ0) is 15.5. The third-order valence-corrected chi connectivity index (χ3v) is 3.31. The summed E-state index contributed by atoms with van der Waals surface area (Å²) in [5.74, 6) is 1.81. The third-order valence-electron chi connectivity index (χ3n) is 3.31. The molecule has 0 saturated heterocycles. The molecule has 120 valence electrons. The van der Waals surface area contributed by atoms with E-state index < -0.39 is 0 Å². The first kappa shape index (κ1) is 17.8. The van der Waals surface area contributed by atoms with Crippen LogP contribution in [0.25, 0.3) is 0 Å². The second-order valence-corrected chi connectivity index (χ2v) is 5.71. The lowest BCUT2D eigenvalue weighted by molar-refractivity contribution is 0.292. The molecule has 1 aromatic rings. The molecular formula is C18H31NO2. The maximum atomic E-state index is 5.97. The number of rotatable bonds is 11. The molecule has 2 N–H and O–H groups in total. The molecule has 1 rings (SSSR count). The van der Waals surface area contributed by atoms with E-state index in [9.17, 15) is 0 Å². The molecule has 0 spiro atoms. The average Bonchev–Trinajstić information content (AvgIpc) is 2.46. The van der Waals surface area contributed by atoms with Gasteiger partial charge in [0.2, 0.25) is 0 Å². The lowest BCUT2D eigenvalue weighted by Crippen LogP contribution is -2.18. The van der Waals surface area contributed by atoms with Gasteiger partial charge in [-0.05, 0) is 37.8 Å². The molecule has 0 aliphatic rings. The largest absolute Gasteiger partial charge is 0.493 e. The van der Waals surface area contributed by atoms with E-state index in [1.807, 2.05) is 19.1 Å². The number of hydrogen-bond donors (Lipinski definition) is 1. The van der Waals surface area contributed by atoms with Crippen LogP contribution in [0, 0.1) is 0 Å². The van der Waals surface area contributed by atoms with E-state index in [-0.39, 0.29) is 6.04 Å². The Labute approximate surface area is 129 Å². The second kappa shape index (κ2) is 10.5. The smallest absolute Gasteiger partial charge is 0.126 e. The Morgan fingerprint density at radius 3 is 2.48 bits per heavy atom. The lowest BCUT2D eigenvalue weighted by atomic mass is 10.1. The van der Waals surface area contributed by atoms with Crippen LogP contribution in [0.4, 0.5) is 0 Å². The highest BCUT2D eigenvalue weighted by Crippen LogP contribution is 2.26. The van der Waals surface area contributed by atoms with Crippen molar-refractivity contribution in [3.8, 4) is 11.5 Å². The maximum absolute atomic E-state index is 5.97. The van der Waals surface area contributed by atoms with Gasteiger partial charge >= 0.3 is 0 Å². The molecule has 3 heteroatoms. The van der Waals surface area contributed by atoms with Crippen LogP contribution in [0.5, 0.6) is 11.5 Å². The molecule has 0 radical (unpaired) electrons. The van der Waals surface area contributed by atoms with Crippen molar-refractivity contribution in [2.24, 2.45) is 5.73 Å². The second-order valence-electron chi connectivity index (χ2n) is 5.71. The lowest BCUT2D eigenvalue weighted by Gasteiger charge is -2.15. The third kappa shape index (κ3) is 7.37. The first-order valence-electron chi connectivity index (χ1n) is 8.31. The zero-order valence-corrected chi connectivity index (χ0v) is 13.9. The standard InChI is InChI=1S/C18H31NO2/c1-4-6-7-8-12-21-18-14-17(20-11-5-2)10-9-16(18)13-15(3)19/h9-10,14-15H,4-8,11-13,19H2,1-3H3. The van der Waals surface area contributed by atoms with Gasteiger partial charge in [0.1, 0.15) is 11.5 Å². The molecule has 0 saturated carbocycles. The van der Waals surface area contributed by atoms with E-state index in [1.54, 1.807) is 0 Å². The molecule has 0 heterocycles. The van der Waals surface area contributed by atoms with Crippen LogP contribution in [-0.4, -0.2) is 19.3 Å². The summed E-state index contributed by atoms with van der Waals surface area (Å²) in [4.78, 5) is 0. The summed E-state index contributed by atoms with van der Waals surface area (Å²) in [6, 6.07) is 6.23. The van der Waals surface area contributed by atoms with E-state index in [0.717, 1.165) is 44.0 Å². The Hall–Kier alpha value is -1.22. The van der Waals surface area contributed by atoms with Gasteiger partial charge in [-0.2, -0.15) is 0 Å². The summed E-state index contributed by atoms with van der Waals surface area (Å²) in [5, 5.41) is 0. The predicted molar refractivity (Wildman–Crippen MR) is 89.2 cm³/mol. The first-order chi connectivity index (χ1) is 10.2. The molecule has 0 fully saturated rings. The molecule has 1 aromatic carbocycles. The van der Waals surface area contributed by atoms with E-state index in [1.165, 1.54) is 24.8 Å². The summed E-state index contributed by atoms with van der Waals surface area (Å²) in [7, 11) is 0. The first-order valence-corrected chi connectivity index (χ1v) is 8.31. The molecule has 0 aliphatic carbocycles. The number of nitrogens with two attached hydrogens (primary N) is 1. The topological polar surface area (TPSA) is 44.5 Å². The van der Waals surface area contributed by atoms with Crippen LogP contribution in [0.1, 0.15) is 58.4 Å². The van der Waals surface area contributed by atoms with Gasteiger partial charge in [-0.3, -0.25) is 0 Å². The monoisotopic (exact) mass is 293 g/mol. The Kier molecular flexibility index (Phi) is 8.91. The van der Waals surface area contributed by atoms with Gasteiger partial charge in [0, 0.05) is 12.1 Å². The summed E-state index contributed by atoms with van der Waals surface area (Å²) >= 11 is 0. The summed E-state index contributed by atoms with van der Waals surface area (Å²) in [5.41, 5.74) is 7.09. The van der Waals surface area contributed by atoms with Crippen molar-refractivity contribution in [1.29, 1.82) is 0 Å². The molecule has 0 bridgehead atoms. The van der Waals surface area contributed by atoms with Crippen LogP contribution in [0.15, 0.2) is 18.2 Å². The molecule has 1 unspecified atom stereocenters. The Morgan fingerprint density at radius 2 is 1.81 bits per heavy atom. The minimum atomic E-state index is 0.134. The van der Waals surface area contributed by atoms with Crippen LogP contribution < -0.4 is 15.2 Å². The van der Waals surface area contributed by atoms with Crippen LogP contribution >= 0.6 is 0 Å². The van der Waals surface area contributed by atoms with Crippen LogP contribution in [0.3, 0.4) is 0 Å². The summed E-state index contributed by atoms with van der Waals surface area (Å²) in [6.07, 6.45) is 6.69. The number of unbranched alkanes of at least 4 members (excludes halogenated alkanes) is 3. The number of benzene rings is 1. The fourth-order valence-electron chi connectivity index (χ4n) is 2.21. The fourth-order valence-corrected chi connectivity index (χ4v) is 2.21. The van der Waals surface area contributed by atoms with Crippen molar-refractivity contribution in [3.05, 3.63) is 23.8 Å². The van der Waals surface area contributed by atoms with Gasteiger partial charge in [-0.15, -0.1) is 0 Å². The van der Waals surface area contributed by atoms with E-state index in [0.29, 0.717) is 0 Å². The van der Waals surface area contributed by atoms with Gasteiger partial charge in [0.25, 0.3) is 0 Å². The molecule has 0 aromatic heterocycles. The summed E-state index contributed by atoms with van der Waals surface area (Å²) < 4.78 is 11.7. The number of hydrogen-bond acceptors (Lipinski definition) is 3. The van der Waals surface area contributed by atoms with Gasteiger partial charge in [-0.25, -0.2) is 0 Å². The number of ether oxygens (including phenoxy) is 2. The zero-order valence-electron chi connectivity index (χ0n) is 13.9. The van der Waals surface area contributed by atoms with Crippen molar-refractivity contribution in [2.75, 3.05) is 13.2 Å². The van der Waals surface area contributed by atoms with Crippen molar-refractivity contribution in [2.45, 2.75) is 65.3 Å². The average molecular weight is 293 g/mol. The highest BCUT2D eigenvalue weighted by atomic mass is 16.5. The minimum absolute atomic E-state index is 0.134. The highest BCUT2D eigenvalue weighted by Gasteiger charge is 2.08. The predicted octanol–water partition coefficient (Wildman–Crippen LogP) is 4.32. The Balaban J connectivity index is 2.64. The van der Waals surface area contributed by atoms with Crippen molar-refractivity contribution in [3.63, 3.8) is 0 Å². The summed E-state index contributed by atoms with van der Waals surface area (Å²) in [6.45, 7) is 7.85. The molecular weight excluding hydrogens is 262 g/mol. The fraction of sp³-hybridized carbons (Fsp3) is 0.667. The molecule has 3 nitrogen and oxygen atoms in total. The van der Waals surface area contributed by atoms with E-state index in [4.69, 9.17) is 15.2 Å². The normalized spacial score (nSPS) is 12.2. The Bertz CT molecular complexity index is 391. The van der Waals surface area contributed by atoms with Gasteiger partial charge in [-0.1, -0.05) is 39.2 Å². The van der Waals surface area contributed by atoms with Crippen molar-refractivity contribution in [1.82, 2.24) is 0 Å². The van der Waals surface area contributed by atoms with Gasteiger partial charge in [0.05, 0.1) is 13.2 Å². The SMILES string of the molecule is CCCCCCOc1cc(OCCC)ccc1CC(C)N. The van der Waals surface area contributed by atoms with E-state index in [2.05, 4.69) is 19.9 Å². The van der Waals surface area contributed by atoms with Crippen LogP contribution in [-0.2, 0) is 6.42 Å². The minimum Gasteiger partial charge on any atom is -0.493 e. The molecule has 0 aliphatic heterocycles. The quantitative estimate of drug-likeness (QED) is 0.618. The van der Waals surface area contributed by atoms with Crippen molar-refractivity contribution < 1.29 is 9.47 Å². The Morgan fingerprint density at radius 1 is 1.00 bits per heavy atom. The molecule has 1 atom stereocenters. The van der Waals surface area contributed by atoms with Crippen LogP contribution in [0.2, 0.25) is 0 Å². The van der Waals surface area contributed by atoms with Gasteiger partial charge < -0.3 is 15.2 Å². The molecule has 0 amide bonds. The maximum Gasteiger partial charge on any atom is 0.126 e. The highest BCUT2D eigenvalue weighted by molar-refractivity contribution is 5.41. The van der Waals surface area contributed by atoms with E-state index >= 15 is 0 Å². The van der Waals surface area contributed by atoms with Crippen molar-refractivity contribution >= 4 is 0 Å². The molecule has 21 heavy (non-hydrogen) atoms.